The number of hydrogen-bond acceptors (Lipinski definition) is 4. The highest BCUT2D eigenvalue weighted by Gasteiger charge is 2.07. The molecule has 0 aliphatic heterocycles. The van der Waals surface area contributed by atoms with E-state index in [2.05, 4.69) is 15.3 Å². The molecule has 0 bridgehead atoms. The molecule has 0 radical (unpaired) electrons. The summed E-state index contributed by atoms with van der Waals surface area (Å²) in [6.07, 6.45) is 1.69. The molecule has 2 rings (SSSR count). The van der Waals surface area contributed by atoms with Gasteiger partial charge in [-0.2, -0.15) is 0 Å². The molecule has 7 heteroatoms. The highest BCUT2D eigenvalue weighted by molar-refractivity contribution is 7.13. The topological polar surface area (TPSA) is 72.5 Å². The van der Waals surface area contributed by atoms with Crippen molar-refractivity contribution in [2.24, 2.45) is 10.7 Å². The minimum absolute atomic E-state index is 0.289. The van der Waals surface area contributed by atoms with Crippen molar-refractivity contribution >= 4 is 34.0 Å². The van der Waals surface area contributed by atoms with E-state index in [0.29, 0.717) is 22.4 Å². The van der Waals surface area contributed by atoms with Crippen LogP contribution in [0.1, 0.15) is 5.56 Å². The number of nitrogens with zero attached hydrogens (tertiary/aromatic N) is 2. The molecule has 0 saturated heterocycles. The van der Waals surface area contributed by atoms with Crippen LogP contribution < -0.4 is 15.8 Å². The van der Waals surface area contributed by atoms with E-state index in [1.165, 1.54) is 11.3 Å². The van der Waals surface area contributed by atoms with Gasteiger partial charge in [-0.1, -0.05) is 17.7 Å². The van der Waals surface area contributed by atoms with E-state index in [1.807, 2.05) is 17.5 Å². The number of rotatable bonds is 4. The predicted molar refractivity (Wildman–Crippen MR) is 79.1 cm³/mol. The van der Waals surface area contributed by atoms with Crippen LogP contribution in [-0.2, 0) is 6.54 Å². The molecule has 0 aliphatic carbocycles. The monoisotopic (exact) mass is 296 g/mol. The molecule has 1 aromatic carbocycles. The first-order chi connectivity index (χ1) is 9.20. The van der Waals surface area contributed by atoms with E-state index in [9.17, 15) is 0 Å². The molecule has 0 unspecified atom stereocenters. The van der Waals surface area contributed by atoms with Crippen molar-refractivity contribution in [1.29, 1.82) is 0 Å². The number of anilines is 1. The highest BCUT2D eigenvalue weighted by Crippen LogP contribution is 2.26. The first kappa shape index (κ1) is 13.6. The zero-order valence-corrected chi connectivity index (χ0v) is 11.8. The number of nitrogens with two attached hydrogens (primary N) is 1. The second-order valence-electron chi connectivity index (χ2n) is 3.58. The summed E-state index contributed by atoms with van der Waals surface area (Å²) in [5.41, 5.74) is 6.58. The number of thiazole rings is 1. The normalized spacial score (nSPS) is 11.4. The molecule has 0 fully saturated rings. The number of halogens is 1. The van der Waals surface area contributed by atoms with Gasteiger partial charge in [0, 0.05) is 22.2 Å². The molecule has 0 aliphatic rings. The fourth-order valence-electron chi connectivity index (χ4n) is 1.48. The van der Waals surface area contributed by atoms with E-state index in [-0.39, 0.29) is 5.96 Å². The fraction of sp³-hybridized carbons (Fsp3) is 0.167. The molecule has 0 amide bonds. The van der Waals surface area contributed by atoms with Crippen LogP contribution in [-0.4, -0.2) is 18.1 Å². The van der Waals surface area contributed by atoms with Crippen molar-refractivity contribution in [3.8, 4) is 5.75 Å². The molecule has 5 nitrogen and oxygen atoms in total. The molecule has 2 aromatic rings. The second-order valence-corrected chi connectivity index (χ2v) is 4.89. The Labute approximate surface area is 120 Å². The number of nitrogens with one attached hydrogen (secondary N) is 1. The Morgan fingerprint density at radius 2 is 2.42 bits per heavy atom. The van der Waals surface area contributed by atoms with Crippen molar-refractivity contribution in [2.75, 3.05) is 12.4 Å². The van der Waals surface area contributed by atoms with Crippen molar-refractivity contribution < 1.29 is 4.74 Å². The molecule has 0 saturated carbocycles. The van der Waals surface area contributed by atoms with Crippen molar-refractivity contribution in [3.63, 3.8) is 0 Å². The summed E-state index contributed by atoms with van der Waals surface area (Å²) in [6, 6.07) is 5.45. The van der Waals surface area contributed by atoms with Crippen LogP contribution in [0.15, 0.2) is 34.8 Å². The van der Waals surface area contributed by atoms with Crippen molar-refractivity contribution in [2.45, 2.75) is 6.54 Å². The zero-order chi connectivity index (χ0) is 13.7. The van der Waals surface area contributed by atoms with Crippen LogP contribution in [0.2, 0.25) is 5.02 Å². The summed E-state index contributed by atoms with van der Waals surface area (Å²) in [5, 5.41) is 6.06. The number of hydrogen-bond donors (Lipinski definition) is 2. The molecule has 19 heavy (non-hydrogen) atoms. The third kappa shape index (κ3) is 3.59. The van der Waals surface area contributed by atoms with Crippen LogP contribution in [0, 0.1) is 0 Å². The molecule has 0 spiro atoms. The average molecular weight is 297 g/mol. The Morgan fingerprint density at radius 3 is 3.11 bits per heavy atom. The van der Waals surface area contributed by atoms with Gasteiger partial charge in [-0.05, 0) is 12.1 Å². The van der Waals surface area contributed by atoms with Crippen molar-refractivity contribution in [3.05, 3.63) is 40.4 Å². The summed E-state index contributed by atoms with van der Waals surface area (Å²) in [7, 11) is 1.59. The number of ether oxygens (including phenoxy) is 1. The van der Waals surface area contributed by atoms with E-state index in [4.69, 9.17) is 22.1 Å². The SMILES string of the molecule is COc1cccc(Cl)c1CN=C(N)Nc1nccs1. The molecule has 100 valence electrons. The standard InChI is InChI=1S/C12H13ClN4OS/c1-18-10-4-2-3-9(13)8(10)7-16-11(14)17-12-15-5-6-19-12/h2-6H,7H2,1H3,(H3,14,15,16,17). The average Bonchev–Trinajstić information content (AvgIpc) is 2.89. The van der Waals surface area contributed by atoms with Gasteiger partial charge in [0.05, 0.1) is 13.7 Å². The summed E-state index contributed by atoms with van der Waals surface area (Å²) in [6.45, 7) is 0.340. The van der Waals surface area contributed by atoms with Gasteiger partial charge in [0.1, 0.15) is 5.75 Å². The van der Waals surface area contributed by atoms with Crippen LogP contribution in [0.25, 0.3) is 0 Å². The van der Waals surface area contributed by atoms with Crippen LogP contribution in [0.4, 0.5) is 5.13 Å². The molecular formula is C12H13ClN4OS. The number of methoxy groups -OCH3 is 1. The summed E-state index contributed by atoms with van der Waals surface area (Å²) in [5.74, 6) is 0.982. The maximum Gasteiger partial charge on any atom is 0.195 e. The Hall–Kier alpha value is -1.79. The van der Waals surface area contributed by atoms with Gasteiger partial charge in [0.2, 0.25) is 0 Å². The Balaban J connectivity index is 2.09. The lowest BCUT2D eigenvalue weighted by Crippen LogP contribution is -2.22. The third-order valence-electron chi connectivity index (χ3n) is 2.37. The predicted octanol–water partition coefficient (Wildman–Crippen LogP) is 2.73. The minimum atomic E-state index is 0.289. The smallest absolute Gasteiger partial charge is 0.195 e. The number of guanidine groups is 1. The Bertz CT molecular complexity index is 571. The van der Waals surface area contributed by atoms with Crippen LogP contribution in [0.5, 0.6) is 5.75 Å². The van der Waals surface area contributed by atoms with Crippen LogP contribution >= 0.6 is 22.9 Å². The second kappa shape index (κ2) is 6.40. The van der Waals surface area contributed by atoms with E-state index < -0.39 is 0 Å². The molecule has 0 atom stereocenters. The summed E-state index contributed by atoms with van der Waals surface area (Å²) < 4.78 is 5.24. The number of aromatic nitrogens is 1. The first-order valence-corrected chi connectivity index (χ1v) is 6.74. The largest absolute Gasteiger partial charge is 0.496 e. The van der Waals surface area contributed by atoms with Gasteiger partial charge in [0.25, 0.3) is 0 Å². The Kier molecular flexibility index (Phi) is 4.59. The molecule has 3 N–H and O–H groups in total. The highest BCUT2D eigenvalue weighted by atomic mass is 35.5. The quantitative estimate of drug-likeness (QED) is 0.672. The van der Waals surface area contributed by atoms with Crippen LogP contribution in [0.3, 0.4) is 0 Å². The van der Waals surface area contributed by atoms with E-state index in [1.54, 1.807) is 19.4 Å². The number of aliphatic imine (C=N–C) groups is 1. The van der Waals surface area contributed by atoms with Gasteiger partial charge >= 0.3 is 0 Å². The zero-order valence-electron chi connectivity index (χ0n) is 10.3. The number of benzene rings is 1. The maximum absolute atomic E-state index is 6.11. The molecule has 1 aromatic heterocycles. The van der Waals surface area contributed by atoms with Crippen molar-refractivity contribution in [1.82, 2.24) is 4.98 Å². The Morgan fingerprint density at radius 1 is 1.58 bits per heavy atom. The van der Waals surface area contributed by atoms with Gasteiger partial charge < -0.3 is 15.8 Å². The third-order valence-corrected chi connectivity index (χ3v) is 3.41. The molecular weight excluding hydrogens is 284 g/mol. The summed E-state index contributed by atoms with van der Waals surface area (Å²) in [4.78, 5) is 8.28. The maximum atomic E-state index is 6.11. The van der Waals surface area contributed by atoms with Gasteiger partial charge in [-0.15, -0.1) is 11.3 Å². The summed E-state index contributed by atoms with van der Waals surface area (Å²) >= 11 is 7.56. The van der Waals surface area contributed by atoms with E-state index in [0.717, 1.165) is 5.56 Å². The lowest BCUT2D eigenvalue weighted by atomic mass is 10.2. The lowest BCUT2D eigenvalue weighted by molar-refractivity contribution is 0.410. The fourth-order valence-corrected chi connectivity index (χ4v) is 2.24. The van der Waals surface area contributed by atoms with E-state index >= 15 is 0 Å². The minimum Gasteiger partial charge on any atom is -0.496 e. The van der Waals surface area contributed by atoms with Gasteiger partial charge in [0.15, 0.2) is 11.1 Å². The van der Waals surface area contributed by atoms with Gasteiger partial charge in [-0.3, -0.25) is 0 Å². The first-order valence-electron chi connectivity index (χ1n) is 5.48. The lowest BCUT2D eigenvalue weighted by Gasteiger charge is -2.08. The molecule has 1 heterocycles. The van der Waals surface area contributed by atoms with Gasteiger partial charge in [-0.25, -0.2) is 9.98 Å².